The Morgan fingerprint density at radius 1 is 1.29 bits per heavy atom. The minimum absolute atomic E-state index is 0.132. The molecule has 122 valence electrons. The number of carbonyl (C=O) groups excluding carboxylic acids is 1. The monoisotopic (exact) mass is 326 g/mol. The average Bonchev–Trinajstić information content (AvgIpc) is 2.59. The van der Waals surface area contributed by atoms with Gasteiger partial charge in [-0.15, -0.1) is 5.11 Å². The molecule has 1 heterocycles. The molecule has 0 saturated carbocycles. The summed E-state index contributed by atoms with van der Waals surface area (Å²) >= 11 is 0. The van der Waals surface area contributed by atoms with E-state index >= 15 is 0 Å². The van der Waals surface area contributed by atoms with E-state index in [1.807, 2.05) is 30.3 Å². The summed E-state index contributed by atoms with van der Waals surface area (Å²) < 4.78 is 5.07. The number of nitrogens with zero attached hydrogens (tertiary/aromatic N) is 4. The maximum Gasteiger partial charge on any atom is 0.332 e. The van der Waals surface area contributed by atoms with E-state index in [9.17, 15) is 14.9 Å². The van der Waals surface area contributed by atoms with Gasteiger partial charge in [0.05, 0.1) is 10.6 Å². The third kappa shape index (κ3) is 5.09. The fourth-order valence-corrected chi connectivity index (χ4v) is 1.70. The van der Waals surface area contributed by atoms with E-state index in [4.69, 9.17) is 4.74 Å². The maximum atomic E-state index is 11.7. The maximum absolute atomic E-state index is 11.7. The van der Waals surface area contributed by atoms with Crippen molar-refractivity contribution in [3.8, 4) is 0 Å². The highest BCUT2D eigenvalue weighted by atomic mass is 16.6. The fraction of sp³-hybridized carbons (Fsp3) is 0.125. The predicted octanol–water partition coefficient (Wildman–Crippen LogP) is 3.72. The molecule has 0 radical (unpaired) electrons. The second-order valence-electron chi connectivity index (χ2n) is 4.68. The molecule has 0 saturated heterocycles. The van der Waals surface area contributed by atoms with E-state index in [-0.39, 0.29) is 23.8 Å². The van der Waals surface area contributed by atoms with Crippen LogP contribution < -0.4 is 0 Å². The van der Waals surface area contributed by atoms with Gasteiger partial charge >= 0.3 is 11.7 Å². The second-order valence-corrected chi connectivity index (χ2v) is 4.68. The van der Waals surface area contributed by atoms with Crippen LogP contribution in [0.2, 0.25) is 0 Å². The van der Waals surface area contributed by atoms with E-state index in [2.05, 4.69) is 15.2 Å². The molecule has 2 aromatic rings. The molecule has 0 atom stereocenters. The first kappa shape index (κ1) is 16.9. The largest absolute Gasteiger partial charge is 0.458 e. The molecular weight excluding hydrogens is 312 g/mol. The normalized spacial score (nSPS) is 11.5. The molecule has 0 aliphatic heterocycles. The number of azo groups is 1. The van der Waals surface area contributed by atoms with Crippen LogP contribution >= 0.6 is 0 Å². The molecule has 1 aromatic heterocycles. The van der Waals surface area contributed by atoms with Crippen molar-refractivity contribution >= 4 is 17.5 Å². The quantitative estimate of drug-likeness (QED) is 0.264. The standard InChI is InChI=1S/C16H14N4O4/c1-12(10-15(21)24-11-13-6-3-2-4-7-13)18-19-16-14(20(22)23)8-5-9-17-16/h2-10H,11H2,1H3/b12-10+,19-18?. The number of aromatic nitrogens is 1. The number of hydrogen-bond acceptors (Lipinski definition) is 7. The molecule has 0 aliphatic rings. The zero-order chi connectivity index (χ0) is 17.4. The van der Waals surface area contributed by atoms with Crippen molar-refractivity contribution in [1.29, 1.82) is 0 Å². The molecule has 1 aromatic carbocycles. The van der Waals surface area contributed by atoms with E-state index in [1.54, 1.807) is 0 Å². The highest BCUT2D eigenvalue weighted by molar-refractivity contribution is 5.82. The van der Waals surface area contributed by atoms with Crippen molar-refractivity contribution in [2.75, 3.05) is 0 Å². The lowest BCUT2D eigenvalue weighted by Crippen LogP contribution is -2.01. The summed E-state index contributed by atoms with van der Waals surface area (Å²) in [5.41, 5.74) is 0.844. The van der Waals surface area contributed by atoms with Crippen molar-refractivity contribution < 1.29 is 14.5 Å². The van der Waals surface area contributed by atoms with Crippen LogP contribution in [-0.4, -0.2) is 15.9 Å². The van der Waals surface area contributed by atoms with Crippen LogP contribution in [0.5, 0.6) is 0 Å². The van der Waals surface area contributed by atoms with Crippen molar-refractivity contribution in [3.63, 3.8) is 0 Å². The van der Waals surface area contributed by atoms with E-state index in [1.165, 1.54) is 25.3 Å². The minimum Gasteiger partial charge on any atom is -0.458 e. The lowest BCUT2D eigenvalue weighted by atomic mass is 10.2. The summed E-state index contributed by atoms with van der Waals surface area (Å²) in [4.78, 5) is 25.7. The van der Waals surface area contributed by atoms with Gasteiger partial charge in [0.2, 0.25) is 0 Å². The van der Waals surface area contributed by atoms with Crippen LogP contribution in [0.3, 0.4) is 0 Å². The summed E-state index contributed by atoms with van der Waals surface area (Å²) in [5.74, 6) is -0.710. The Labute approximate surface area is 137 Å². The number of hydrogen-bond donors (Lipinski definition) is 0. The van der Waals surface area contributed by atoms with Crippen molar-refractivity contribution in [2.45, 2.75) is 13.5 Å². The van der Waals surface area contributed by atoms with E-state index in [0.29, 0.717) is 0 Å². The van der Waals surface area contributed by atoms with E-state index in [0.717, 1.165) is 11.6 Å². The Balaban J connectivity index is 1.98. The molecule has 8 nitrogen and oxygen atoms in total. The fourth-order valence-electron chi connectivity index (χ4n) is 1.70. The van der Waals surface area contributed by atoms with Crippen LogP contribution in [0.25, 0.3) is 0 Å². The number of carbonyl (C=O) groups is 1. The summed E-state index contributed by atoms with van der Waals surface area (Å²) in [7, 11) is 0. The first-order chi connectivity index (χ1) is 11.6. The molecule has 0 bridgehead atoms. The first-order valence-electron chi connectivity index (χ1n) is 6.96. The lowest BCUT2D eigenvalue weighted by Gasteiger charge is -2.01. The number of nitro groups is 1. The number of pyridine rings is 1. The van der Waals surface area contributed by atoms with Crippen LogP contribution in [-0.2, 0) is 16.1 Å². The number of allylic oxidation sites excluding steroid dienone is 1. The number of benzene rings is 1. The van der Waals surface area contributed by atoms with Gasteiger partial charge in [0, 0.05) is 18.3 Å². The van der Waals surface area contributed by atoms with Gasteiger partial charge < -0.3 is 4.74 Å². The second kappa shape index (κ2) is 8.28. The Morgan fingerprint density at radius 2 is 2.04 bits per heavy atom. The van der Waals surface area contributed by atoms with E-state index < -0.39 is 10.9 Å². The summed E-state index contributed by atoms with van der Waals surface area (Å²) in [5, 5.41) is 18.3. The zero-order valence-electron chi connectivity index (χ0n) is 12.8. The van der Waals surface area contributed by atoms with Crippen LogP contribution in [0, 0.1) is 10.1 Å². The van der Waals surface area contributed by atoms with Crippen molar-refractivity contribution in [2.24, 2.45) is 10.2 Å². The topological polar surface area (TPSA) is 107 Å². The Morgan fingerprint density at radius 3 is 2.75 bits per heavy atom. The van der Waals surface area contributed by atoms with Crippen molar-refractivity contribution in [3.05, 3.63) is 76.1 Å². The Kier molecular flexibility index (Phi) is 5.84. The van der Waals surface area contributed by atoms with Gasteiger partial charge in [-0.05, 0) is 18.6 Å². The van der Waals surface area contributed by atoms with Gasteiger partial charge in [-0.25, -0.2) is 9.78 Å². The van der Waals surface area contributed by atoms with Gasteiger partial charge in [0.1, 0.15) is 6.61 Å². The molecule has 0 unspecified atom stereocenters. The highest BCUT2D eigenvalue weighted by Gasteiger charge is 2.13. The number of rotatable bonds is 6. The molecule has 0 aliphatic carbocycles. The smallest absolute Gasteiger partial charge is 0.332 e. The lowest BCUT2D eigenvalue weighted by molar-refractivity contribution is -0.384. The third-order valence-corrected chi connectivity index (χ3v) is 2.82. The molecule has 0 spiro atoms. The third-order valence-electron chi connectivity index (χ3n) is 2.82. The van der Waals surface area contributed by atoms with Gasteiger partial charge in [-0.3, -0.25) is 10.1 Å². The minimum atomic E-state index is -0.603. The molecule has 0 N–H and O–H groups in total. The van der Waals surface area contributed by atoms with Crippen molar-refractivity contribution in [1.82, 2.24) is 4.98 Å². The average molecular weight is 326 g/mol. The Bertz CT molecular complexity index is 788. The summed E-state index contributed by atoms with van der Waals surface area (Å²) in [6.45, 7) is 1.67. The van der Waals surface area contributed by atoms with Crippen LogP contribution in [0.1, 0.15) is 12.5 Å². The van der Waals surface area contributed by atoms with Gasteiger partial charge in [0.15, 0.2) is 0 Å². The molecule has 0 amide bonds. The van der Waals surface area contributed by atoms with Gasteiger partial charge in [-0.1, -0.05) is 30.3 Å². The van der Waals surface area contributed by atoms with Gasteiger partial charge in [0.25, 0.3) is 5.82 Å². The van der Waals surface area contributed by atoms with Crippen LogP contribution in [0.15, 0.2) is 70.7 Å². The molecular formula is C16H14N4O4. The first-order valence-corrected chi connectivity index (χ1v) is 6.96. The van der Waals surface area contributed by atoms with Gasteiger partial charge in [-0.2, -0.15) is 5.11 Å². The Hall–Kier alpha value is -3.42. The van der Waals surface area contributed by atoms with Crippen LogP contribution in [0.4, 0.5) is 11.5 Å². The molecule has 8 heteroatoms. The summed E-state index contributed by atoms with van der Waals surface area (Å²) in [6, 6.07) is 11.9. The molecule has 0 fully saturated rings. The number of ether oxygens (including phenoxy) is 1. The SMILES string of the molecule is C/C(=C\C(=O)OCc1ccccc1)N=Nc1ncccc1[N+](=O)[O-]. The number of esters is 1. The highest BCUT2D eigenvalue weighted by Crippen LogP contribution is 2.24. The zero-order valence-corrected chi connectivity index (χ0v) is 12.8. The predicted molar refractivity (Wildman–Crippen MR) is 85.4 cm³/mol. The molecule has 2 rings (SSSR count). The molecule has 24 heavy (non-hydrogen) atoms. The summed E-state index contributed by atoms with van der Waals surface area (Å²) in [6.07, 6.45) is 2.52.